The fourth-order valence-corrected chi connectivity index (χ4v) is 1.54. The van der Waals surface area contributed by atoms with E-state index in [4.69, 9.17) is 16.7 Å². The lowest BCUT2D eigenvalue weighted by molar-refractivity contribution is 0.231. The first-order chi connectivity index (χ1) is 7.13. The van der Waals surface area contributed by atoms with Crippen molar-refractivity contribution in [3.05, 3.63) is 34.9 Å². The lowest BCUT2D eigenvalue weighted by atomic mass is 10.1. The van der Waals surface area contributed by atoms with Gasteiger partial charge in [0, 0.05) is 24.2 Å². The second-order valence-corrected chi connectivity index (χ2v) is 4.41. The summed E-state index contributed by atoms with van der Waals surface area (Å²) in [5.41, 5.74) is 1.17. The van der Waals surface area contributed by atoms with E-state index in [2.05, 4.69) is 12.2 Å². The Morgan fingerprint density at radius 1 is 1.40 bits per heavy atom. The highest BCUT2D eigenvalue weighted by molar-refractivity contribution is 6.30. The van der Waals surface area contributed by atoms with Gasteiger partial charge in [-0.1, -0.05) is 30.7 Å². The Morgan fingerprint density at radius 3 is 2.73 bits per heavy atom. The van der Waals surface area contributed by atoms with Gasteiger partial charge in [0.15, 0.2) is 0 Å². The minimum absolute atomic E-state index is 0.218. The molecule has 15 heavy (non-hydrogen) atoms. The van der Waals surface area contributed by atoms with Crippen molar-refractivity contribution >= 4 is 11.6 Å². The van der Waals surface area contributed by atoms with Gasteiger partial charge in [-0.3, -0.25) is 0 Å². The van der Waals surface area contributed by atoms with E-state index in [1.165, 1.54) is 5.56 Å². The summed E-state index contributed by atoms with van der Waals surface area (Å²) in [6.07, 6.45) is 0. The first kappa shape index (κ1) is 12.5. The molecule has 0 radical (unpaired) electrons. The maximum Gasteiger partial charge on any atom is 0.0468 e. The van der Waals surface area contributed by atoms with Gasteiger partial charge in [0.2, 0.25) is 0 Å². The zero-order valence-corrected chi connectivity index (χ0v) is 9.96. The van der Waals surface area contributed by atoms with E-state index in [1.54, 1.807) is 0 Å². The van der Waals surface area contributed by atoms with Crippen molar-refractivity contribution in [3.8, 4) is 0 Å². The van der Waals surface area contributed by atoms with Crippen LogP contribution in [0.3, 0.4) is 0 Å². The number of aliphatic hydroxyl groups is 1. The van der Waals surface area contributed by atoms with Crippen LogP contribution in [0.15, 0.2) is 24.3 Å². The molecule has 2 nitrogen and oxygen atoms in total. The van der Waals surface area contributed by atoms with Crippen molar-refractivity contribution in [1.29, 1.82) is 0 Å². The maximum absolute atomic E-state index is 8.90. The van der Waals surface area contributed by atoms with Crippen LogP contribution in [-0.2, 0) is 0 Å². The first-order valence-corrected chi connectivity index (χ1v) is 5.61. The van der Waals surface area contributed by atoms with Crippen LogP contribution in [0.25, 0.3) is 0 Å². The van der Waals surface area contributed by atoms with E-state index < -0.39 is 0 Å². The number of aliphatic hydroxyl groups excluding tert-OH is 1. The van der Waals surface area contributed by atoms with Crippen LogP contribution in [-0.4, -0.2) is 18.3 Å². The number of halogens is 1. The van der Waals surface area contributed by atoms with Crippen molar-refractivity contribution in [2.45, 2.75) is 19.9 Å². The molecule has 1 rings (SSSR count). The normalized spacial score (nSPS) is 14.9. The molecule has 0 spiro atoms. The molecule has 0 heterocycles. The minimum atomic E-state index is 0.218. The van der Waals surface area contributed by atoms with Gasteiger partial charge in [-0.05, 0) is 30.5 Å². The van der Waals surface area contributed by atoms with E-state index in [9.17, 15) is 0 Å². The topological polar surface area (TPSA) is 32.3 Å². The molecular formula is C12H18ClNO. The second-order valence-electron chi connectivity index (χ2n) is 3.97. The summed E-state index contributed by atoms with van der Waals surface area (Å²) >= 11 is 5.91. The van der Waals surface area contributed by atoms with Crippen LogP contribution in [0.4, 0.5) is 0 Å². The number of hydrogen-bond acceptors (Lipinski definition) is 2. The molecule has 0 aliphatic heterocycles. The predicted octanol–water partition coefficient (Wildman–Crippen LogP) is 2.62. The van der Waals surface area contributed by atoms with Crippen LogP contribution in [0.2, 0.25) is 5.02 Å². The first-order valence-electron chi connectivity index (χ1n) is 5.23. The summed E-state index contributed by atoms with van der Waals surface area (Å²) in [7, 11) is 0. The lowest BCUT2D eigenvalue weighted by Crippen LogP contribution is -2.26. The molecule has 0 saturated carbocycles. The third-order valence-corrected chi connectivity index (χ3v) is 2.67. The Morgan fingerprint density at radius 2 is 2.13 bits per heavy atom. The van der Waals surface area contributed by atoms with Crippen molar-refractivity contribution < 1.29 is 5.11 Å². The molecule has 0 aliphatic carbocycles. The highest BCUT2D eigenvalue weighted by Gasteiger charge is 2.06. The summed E-state index contributed by atoms with van der Waals surface area (Å²) in [4.78, 5) is 0. The van der Waals surface area contributed by atoms with E-state index in [-0.39, 0.29) is 18.6 Å². The van der Waals surface area contributed by atoms with Gasteiger partial charge in [0.1, 0.15) is 0 Å². The molecular weight excluding hydrogens is 210 g/mol. The van der Waals surface area contributed by atoms with Crippen LogP contribution in [0, 0.1) is 5.92 Å². The quantitative estimate of drug-likeness (QED) is 0.811. The SMILES string of the molecule is CC(CO)CN[C@H](C)c1cccc(Cl)c1. The molecule has 2 atom stereocenters. The molecule has 0 amide bonds. The Bertz CT molecular complexity index is 303. The van der Waals surface area contributed by atoms with Crippen molar-refractivity contribution in [3.63, 3.8) is 0 Å². The number of benzene rings is 1. The highest BCUT2D eigenvalue weighted by atomic mass is 35.5. The Kier molecular flexibility index (Phi) is 5.09. The fourth-order valence-electron chi connectivity index (χ4n) is 1.34. The molecule has 84 valence electrons. The molecule has 1 aromatic rings. The van der Waals surface area contributed by atoms with Crippen LogP contribution < -0.4 is 5.32 Å². The summed E-state index contributed by atoms with van der Waals surface area (Å²) in [6.45, 7) is 5.13. The lowest BCUT2D eigenvalue weighted by Gasteiger charge is -2.17. The molecule has 1 aromatic carbocycles. The number of nitrogens with one attached hydrogen (secondary N) is 1. The van der Waals surface area contributed by atoms with Crippen molar-refractivity contribution in [2.75, 3.05) is 13.2 Å². The van der Waals surface area contributed by atoms with Gasteiger partial charge in [-0.15, -0.1) is 0 Å². The van der Waals surface area contributed by atoms with E-state index in [0.717, 1.165) is 11.6 Å². The summed E-state index contributed by atoms with van der Waals surface area (Å²) < 4.78 is 0. The zero-order chi connectivity index (χ0) is 11.3. The summed E-state index contributed by atoms with van der Waals surface area (Å²) in [5.74, 6) is 0.284. The molecule has 1 unspecified atom stereocenters. The van der Waals surface area contributed by atoms with Crippen molar-refractivity contribution in [1.82, 2.24) is 5.32 Å². The Labute approximate surface area is 96.3 Å². The summed E-state index contributed by atoms with van der Waals surface area (Å²) in [6, 6.07) is 8.09. The third kappa shape index (κ3) is 4.20. The average molecular weight is 228 g/mol. The van der Waals surface area contributed by atoms with Crippen molar-refractivity contribution in [2.24, 2.45) is 5.92 Å². The average Bonchev–Trinajstić information content (AvgIpc) is 2.25. The highest BCUT2D eigenvalue weighted by Crippen LogP contribution is 2.17. The van der Waals surface area contributed by atoms with Crippen LogP contribution >= 0.6 is 11.6 Å². The van der Waals surface area contributed by atoms with Gasteiger partial charge in [-0.2, -0.15) is 0 Å². The minimum Gasteiger partial charge on any atom is -0.396 e. The summed E-state index contributed by atoms with van der Waals surface area (Å²) in [5, 5.41) is 13.0. The van der Waals surface area contributed by atoms with Crippen LogP contribution in [0.1, 0.15) is 25.5 Å². The second kappa shape index (κ2) is 6.11. The number of hydrogen-bond donors (Lipinski definition) is 2. The molecule has 3 heteroatoms. The molecule has 0 aromatic heterocycles. The largest absolute Gasteiger partial charge is 0.396 e. The molecule has 2 N–H and O–H groups in total. The van der Waals surface area contributed by atoms with E-state index in [0.29, 0.717) is 0 Å². The third-order valence-electron chi connectivity index (χ3n) is 2.43. The van der Waals surface area contributed by atoms with Crippen LogP contribution in [0.5, 0.6) is 0 Å². The predicted molar refractivity (Wildman–Crippen MR) is 64.1 cm³/mol. The van der Waals surface area contributed by atoms with Gasteiger partial charge in [-0.25, -0.2) is 0 Å². The van der Waals surface area contributed by atoms with Gasteiger partial charge >= 0.3 is 0 Å². The van der Waals surface area contributed by atoms with Gasteiger partial charge in [0.25, 0.3) is 0 Å². The maximum atomic E-state index is 8.90. The van der Waals surface area contributed by atoms with Gasteiger partial charge < -0.3 is 10.4 Å². The van der Waals surface area contributed by atoms with E-state index in [1.807, 2.05) is 31.2 Å². The molecule has 0 aliphatic rings. The molecule has 0 saturated heterocycles. The fraction of sp³-hybridized carbons (Fsp3) is 0.500. The molecule has 0 fully saturated rings. The molecule has 0 bridgehead atoms. The Balaban J connectivity index is 2.50. The van der Waals surface area contributed by atoms with E-state index >= 15 is 0 Å². The smallest absolute Gasteiger partial charge is 0.0468 e. The van der Waals surface area contributed by atoms with Gasteiger partial charge in [0.05, 0.1) is 0 Å². The Hall–Kier alpha value is -0.570. The number of rotatable bonds is 5. The zero-order valence-electron chi connectivity index (χ0n) is 9.20. The standard InChI is InChI=1S/C12H18ClNO/c1-9(8-15)7-14-10(2)11-4-3-5-12(13)6-11/h3-6,9-10,14-15H,7-8H2,1-2H3/t9?,10-/m1/s1. The monoisotopic (exact) mass is 227 g/mol.